The first-order chi connectivity index (χ1) is 6.61. The summed E-state index contributed by atoms with van der Waals surface area (Å²) in [6.45, 7) is 1.34. The molecule has 4 heteroatoms. The van der Waals surface area contributed by atoms with Gasteiger partial charge in [0.05, 0.1) is 0 Å². The first-order valence-corrected chi connectivity index (χ1v) is 5.28. The first-order valence-electron chi connectivity index (χ1n) is 5.28. The van der Waals surface area contributed by atoms with Crippen molar-refractivity contribution < 1.29 is 13.6 Å². The second kappa shape index (κ2) is 3.48. The Labute approximate surface area is 82.3 Å². The third-order valence-corrected chi connectivity index (χ3v) is 3.23. The van der Waals surface area contributed by atoms with Crippen LogP contribution >= 0.6 is 0 Å². The van der Waals surface area contributed by atoms with Gasteiger partial charge in [0.25, 0.3) is 5.92 Å². The van der Waals surface area contributed by atoms with Gasteiger partial charge in [0.1, 0.15) is 5.92 Å². The van der Waals surface area contributed by atoms with Gasteiger partial charge in [0.2, 0.25) is 5.91 Å². The van der Waals surface area contributed by atoms with Crippen LogP contribution in [0.1, 0.15) is 32.1 Å². The third-order valence-electron chi connectivity index (χ3n) is 3.23. The van der Waals surface area contributed by atoms with E-state index in [-0.39, 0.29) is 12.3 Å². The van der Waals surface area contributed by atoms with Crippen molar-refractivity contribution in [3.05, 3.63) is 0 Å². The van der Waals surface area contributed by atoms with Crippen LogP contribution in [0, 0.1) is 5.92 Å². The Kier molecular flexibility index (Phi) is 2.45. The van der Waals surface area contributed by atoms with Crippen molar-refractivity contribution in [1.29, 1.82) is 0 Å². The van der Waals surface area contributed by atoms with Gasteiger partial charge in [-0.15, -0.1) is 0 Å². The van der Waals surface area contributed by atoms with E-state index in [0.29, 0.717) is 25.9 Å². The fraction of sp³-hybridized carbons (Fsp3) is 0.900. The number of halogens is 2. The fourth-order valence-corrected chi connectivity index (χ4v) is 2.39. The monoisotopic (exact) mass is 203 g/mol. The lowest BCUT2D eigenvalue weighted by molar-refractivity contribution is -0.145. The van der Waals surface area contributed by atoms with Crippen LogP contribution in [0.5, 0.6) is 0 Å². The van der Waals surface area contributed by atoms with E-state index in [2.05, 4.69) is 0 Å². The number of nitrogens with zero attached hydrogens (tertiary/aromatic N) is 1. The van der Waals surface area contributed by atoms with Gasteiger partial charge < -0.3 is 4.90 Å². The normalized spacial score (nSPS) is 31.0. The van der Waals surface area contributed by atoms with E-state index in [1.54, 1.807) is 4.90 Å². The molecular formula is C10H15F2NO. The highest BCUT2D eigenvalue weighted by Gasteiger charge is 2.49. The summed E-state index contributed by atoms with van der Waals surface area (Å²) in [5.74, 6) is -4.09. The lowest BCUT2D eigenvalue weighted by atomic mass is 10.0. The Hall–Kier alpha value is -0.670. The molecule has 14 heavy (non-hydrogen) atoms. The second-order valence-corrected chi connectivity index (χ2v) is 4.24. The van der Waals surface area contributed by atoms with E-state index in [0.717, 1.165) is 12.8 Å². The van der Waals surface area contributed by atoms with Crippen LogP contribution in [0.15, 0.2) is 0 Å². The van der Waals surface area contributed by atoms with E-state index in [1.807, 2.05) is 0 Å². The summed E-state index contributed by atoms with van der Waals surface area (Å²) in [5, 5.41) is 0. The molecule has 1 aliphatic heterocycles. The quantitative estimate of drug-likeness (QED) is 0.638. The van der Waals surface area contributed by atoms with Gasteiger partial charge in [-0.3, -0.25) is 4.79 Å². The predicted octanol–water partition coefficient (Wildman–Crippen LogP) is 2.04. The molecule has 0 aromatic rings. The summed E-state index contributed by atoms with van der Waals surface area (Å²) < 4.78 is 26.5. The van der Waals surface area contributed by atoms with Crippen LogP contribution in [-0.4, -0.2) is 29.8 Å². The number of hydrogen-bond donors (Lipinski definition) is 0. The molecule has 0 spiro atoms. The van der Waals surface area contributed by atoms with Gasteiger partial charge in [0.15, 0.2) is 0 Å². The molecule has 1 unspecified atom stereocenters. The summed E-state index contributed by atoms with van der Waals surface area (Å²) in [6, 6.07) is 0. The van der Waals surface area contributed by atoms with Gasteiger partial charge in [-0.05, 0) is 25.7 Å². The van der Waals surface area contributed by atoms with Gasteiger partial charge in [0, 0.05) is 19.5 Å². The molecule has 0 radical (unpaired) electrons. The molecular weight excluding hydrogens is 188 g/mol. The van der Waals surface area contributed by atoms with Gasteiger partial charge in [-0.25, -0.2) is 8.78 Å². The molecule has 1 saturated heterocycles. The predicted molar refractivity (Wildman–Crippen MR) is 48.1 cm³/mol. The molecule has 0 bridgehead atoms. The van der Waals surface area contributed by atoms with Crippen molar-refractivity contribution in [1.82, 2.24) is 4.90 Å². The van der Waals surface area contributed by atoms with Gasteiger partial charge in [-0.1, -0.05) is 0 Å². The highest BCUT2D eigenvalue weighted by Crippen LogP contribution is 2.41. The minimum atomic E-state index is -2.75. The maximum Gasteiger partial charge on any atom is 0.259 e. The van der Waals surface area contributed by atoms with Crippen molar-refractivity contribution in [2.24, 2.45) is 5.92 Å². The largest absolute Gasteiger partial charge is 0.342 e. The lowest BCUT2D eigenvalue weighted by Crippen LogP contribution is -2.39. The average Bonchev–Trinajstić information content (AvgIpc) is 2.71. The molecule has 1 atom stereocenters. The summed E-state index contributed by atoms with van der Waals surface area (Å²) >= 11 is 0. The van der Waals surface area contributed by atoms with Gasteiger partial charge in [-0.2, -0.15) is 0 Å². The van der Waals surface area contributed by atoms with E-state index >= 15 is 0 Å². The smallest absolute Gasteiger partial charge is 0.259 e. The van der Waals surface area contributed by atoms with E-state index in [1.165, 1.54) is 0 Å². The molecule has 2 aliphatic rings. The highest BCUT2D eigenvalue weighted by molar-refractivity contribution is 5.80. The van der Waals surface area contributed by atoms with Crippen LogP contribution in [0.25, 0.3) is 0 Å². The topological polar surface area (TPSA) is 20.3 Å². The summed E-state index contributed by atoms with van der Waals surface area (Å²) in [4.78, 5) is 13.3. The highest BCUT2D eigenvalue weighted by atomic mass is 19.3. The third kappa shape index (κ3) is 1.62. The number of carbonyl (C=O) groups is 1. The SMILES string of the molecule is O=C(C1CCCC1(F)F)N1CCCC1. The second-order valence-electron chi connectivity index (χ2n) is 4.24. The van der Waals surface area contributed by atoms with Crippen molar-refractivity contribution in [3.8, 4) is 0 Å². The zero-order valence-corrected chi connectivity index (χ0v) is 8.14. The molecule has 0 aromatic heterocycles. The average molecular weight is 203 g/mol. The summed E-state index contributed by atoms with van der Waals surface area (Å²) in [6.07, 6.45) is 2.66. The Balaban J connectivity index is 2.03. The Morgan fingerprint density at radius 3 is 2.36 bits per heavy atom. The van der Waals surface area contributed by atoms with Crippen LogP contribution < -0.4 is 0 Å². The molecule has 1 heterocycles. The Morgan fingerprint density at radius 1 is 1.21 bits per heavy atom. The van der Waals surface area contributed by atoms with Crippen LogP contribution in [0.3, 0.4) is 0 Å². The van der Waals surface area contributed by atoms with E-state index in [4.69, 9.17) is 0 Å². The summed E-state index contributed by atoms with van der Waals surface area (Å²) in [7, 11) is 0. The maximum atomic E-state index is 13.3. The number of carbonyl (C=O) groups excluding carboxylic acids is 1. The fourth-order valence-electron chi connectivity index (χ4n) is 2.39. The molecule has 2 nitrogen and oxygen atoms in total. The standard InChI is InChI=1S/C10H15F2NO/c11-10(12)5-3-4-8(10)9(14)13-6-1-2-7-13/h8H,1-7H2. The van der Waals surface area contributed by atoms with Crippen LogP contribution in [0.2, 0.25) is 0 Å². The lowest BCUT2D eigenvalue weighted by Gasteiger charge is -2.24. The van der Waals surface area contributed by atoms with Gasteiger partial charge >= 0.3 is 0 Å². The van der Waals surface area contributed by atoms with Crippen molar-refractivity contribution in [2.75, 3.05) is 13.1 Å². The zero-order valence-electron chi connectivity index (χ0n) is 8.14. The zero-order chi connectivity index (χ0) is 10.2. The molecule has 1 aliphatic carbocycles. The van der Waals surface area contributed by atoms with E-state index < -0.39 is 11.8 Å². The van der Waals surface area contributed by atoms with Crippen LogP contribution in [0.4, 0.5) is 8.78 Å². The number of hydrogen-bond acceptors (Lipinski definition) is 1. The summed E-state index contributed by atoms with van der Waals surface area (Å²) in [5.41, 5.74) is 0. The minimum Gasteiger partial charge on any atom is -0.342 e. The van der Waals surface area contributed by atoms with Crippen molar-refractivity contribution >= 4 is 5.91 Å². The molecule has 1 amide bonds. The Bertz CT molecular complexity index is 236. The molecule has 80 valence electrons. The van der Waals surface area contributed by atoms with Crippen molar-refractivity contribution in [3.63, 3.8) is 0 Å². The maximum absolute atomic E-state index is 13.3. The Morgan fingerprint density at radius 2 is 1.86 bits per heavy atom. The van der Waals surface area contributed by atoms with Crippen molar-refractivity contribution in [2.45, 2.75) is 38.0 Å². The van der Waals surface area contributed by atoms with E-state index in [9.17, 15) is 13.6 Å². The molecule has 0 N–H and O–H groups in total. The number of likely N-dealkylation sites (tertiary alicyclic amines) is 1. The molecule has 2 rings (SSSR count). The minimum absolute atomic E-state index is 0.114. The van der Waals surface area contributed by atoms with Crippen LogP contribution in [-0.2, 0) is 4.79 Å². The number of rotatable bonds is 1. The molecule has 2 fully saturated rings. The number of amides is 1. The number of alkyl halides is 2. The first kappa shape index (κ1) is 9.87. The molecule has 1 saturated carbocycles. The molecule has 0 aromatic carbocycles.